The highest BCUT2D eigenvalue weighted by Crippen LogP contribution is 2.25. The highest BCUT2D eigenvalue weighted by Gasteiger charge is 2.39. The number of esters is 1. The van der Waals surface area contributed by atoms with Crippen molar-refractivity contribution < 1.29 is 27.5 Å². The van der Waals surface area contributed by atoms with Crippen LogP contribution in [0.25, 0.3) is 11.3 Å². The predicted molar refractivity (Wildman–Crippen MR) is 98.7 cm³/mol. The van der Waals surface area contributed by atoms with E-state index in [1.165, 1.54) is 6.07 Å². The molecule has 0 fully saturated rings. The van der Waals surface area contributed by atoms with Crippen LogP contribution in [0.15, 0.2) is 60.7 Å². The van der Waals surface area contributed by atoms with Crippen LogP contribution >= 0.6 is 0 Å². The van der Waals surface area contributed by atoms with Gasteiger partial charge in [-0.2, -0.15) is 18.3 Å². The van der Waals surface area contributed by atoms with Crippen LogP contribution < -0.4 is 5.32 Å². The van der Waals surface area contributed by atoms with Gasteiger partial charge in [-0.3, -0.25) is 14.7 Å². The molecule has 2 N–H and O–H groups in total. The number of nitrogens with zero attached hydrogens (tertiary/aromatic N) is 1. The first-order valence-electron chi connectivity index (χ1n) is 8.54. The number of nitrogens with one attached hydrogen (secondary N) is 2. The SMILES string of the molecule is O=C(Cc1ccccc1-c1cc(NC(=O)C(F)(F)F)n[nH]1)OCc1ccccc1. The lowest BCUT2D eigenvalue weighted by atomic mass is 10.0. The topological polar surface area (TPSA) is 84.1 Å². The molecule has 0 aliphatic rings. The van der Waals surface area contributed by atoms with Crippen LogP contribution in [0.4, 0.5) is 19.0 Å². The Morgan fingerprint density at radius 3 is 2.45 bits per heavy atom. The molecule has 3 rings (SSSR count). The monoisotopic (exact) mass is 403 g/mol. The number of carbonyl (C=O) groups is 2. The summed E-state index contributed by atoms with van der Waals surface area (Å²) in [6.45, 7) is 0.138. The van der Waals surface area contributed by atoms with E-state index in [1.807, 2.05) is 30.3 Å². The van der Waals surface area contributed by atoms with E-state index in [2.05, 4.69) is 10.2 Å². The smallest absolute Gasteiger partial charge is 0.461 e. The molecule has 1 aromatic heterocycles. The fraction of sp³-hybridized carbons (Fsp3) is 0.150. The molecule has 0 unspecified atom stereocenters. The normalized spacial score (nSPS) is 11.1. The summed E-state index contributed by atoms with van der Waals surface area (Å²) in [4.78, 5) is 23.2. The Kier molecular flexibility index (Phi) is 5.96. The first-order chi connectivity index (χ1) is 13.8. The van der Waals surface area contributed by atoms with E-state index in [0.717, 1.165) is 5.56 Å². The molecule has 150 valence electrons. The van der Waals surface area contributed by atoms with Crippen LogP contribution in [0.2, 0.25) is 0 Å². The molecule has 9 heteroatoms. The van der Waals surface area contributed by atoms with Gasteiger partial charge in [-0.25, -0.2) is 0 Å². The van der Waals surface area contributed by atoms with Crippen molar-refractivity contribution in [1.29, 1.82) is 0 Å². The van der Waals surface area contributed by atoms with E-state index < -0.39 is 18.1 Å². The number of rotatable bonds is 6. The molecule has 0 aliphatic heterocycles. The largest absolute Gasteiger partial charge is 0.471 e. The van der Waals surface area contributed by atoms with Crippen LogP contribution in [0.3, 0.4) is 0 Å². The molecule has 2 aromatic carbocycles. The van der Waals surface area contributed by atoms with Crippen molar-refractivity contribution in [2.45, 2.75) is 19.2 Å². The van der Waals surface area contributed by atoms with Crippen molar-refractivity contribution in [2.75, 3.05) is 5.32 Å². The molecular formula is C20H16F3N3O3. The summed E-state index contributed by atoms with van der Waals surface area (Å²) in [6, 6.07) is 17.3. The van der Waals surface area contributed by atoms with Gasteiger partial charge in [0.2, 0.25) is 0 Å². The zero-order valence-electron chi connectivity index (χ0n) is 15.0. The van der Waals surface area contributed by atoms with Crippen LogP contribution in [0.1, 0.15) is 11.1 Å². The standard InChI is InChI=1S/C20H16F3N3O3/c21-20(22,23)19(28)24-17-11-16(25-26-17)15-9-5-4-8-14(15)10-18(27)29-12-13-6-2-1-3-7-13/h1-9,11H,10,12H2,(H2,24,25,26,28). The minimum Gasteiger partial charge on any atom is -0.461 e. The third-order valence-corrected chi connectivity index (χ3v) is 3.96. The van der Waals surface area contributed by atoms with Gasteiger partial charge in [0.25, 0.3) is 0 Å². The number of aromatic nitrogens is 2. The number of alkyl halides is 3. The number of benzene rings is 2. The average molecular weight is 403 g/mol. The zero-order valence-corrected chi connectivity index (χ0v) is 15.0. The van der Waals surface area contributed by atoms with E-state index in [4.69, 9.17) is 4.74 Å². The maximum absolute atomic E-state index is 12.4. The van der Waals surface area contributed by atoms with E-state index in [0.29, 0.717) is 16.8 Å². The van der Waals surface area contributed by atoms with Gasteiger partial charge in [0.05, 0.1) is 12.1 Å². The lowest BCUT2D eigenvalue weighted by Gasteiger charge is -2.08. The number of aromatic amines is 1. The van der Waals surface area contributed by atoms with E-state index in [1.54, 1.807) is 29.6 Å². The Morgan fingerprint density at radius 1 is 1.03 bits per heavy atom. The minimum atomic E-state index is -5.01. The van der Waals surface area contributed by atoms with Crippen LogP contribution in [0.5, 0.6) is 0 Å². The molecule has 0 spiro atoms. The van der Waals surface area contributed by atoms with Crippen molar-refractivity contribution in [1.82, 2.24) is 10.2 Å². The Morgan fingerprint density at radius 2 is 1.72 bits per heavy atom. The van der Waals surface area contributed by atoms with Crippen molar-refractivity contribution in [3.8, 4) is 11.3 Å². The molecule has 29 heavy (non-hydrogen) atoms. The maximum Gasteiger partial charge on any atom is 0.471 e. The molecule has 0 atom stereocenters. The highest BCUT2D eigenvalue weighted by atomic mass is 19.4. The Hall–Kier alpha value is -3.62. The highest BCUT2D eigenvalue weighted by molar-refractivity contribution is 5.94. The summed E-state index contributed by atoms with van der Waals surface area (Å²) < 4.78 is 42.4. The summed E-state index contributed by atoms with van der Waals surface area (Å²) >= 11 is 0. The molecule has 0 aliphatic carbocycles. The van der Waals surface area contributed by atoms with Gasteiger partial charge in [-0.1, -0.05) is 54.6 Å². The maximum atomic E-state index is 12.4. The van der Waals surface area contributed by atoms with E-state index in [-0.39, 0.29) is 18.8 Å². The van der Waals surface area contributed by atoms with Crippen molar-refractivity contribution in [2.24, 2.45) is 0 Å². The number of hydrogen-bond acceptors (Lipinski definition) is 4. The number of amides is 1. The lowest BCUT2D eigenvalue weighted by molar-refractivity contribution is -0.167. The molecule has 1 amide bonds. The number of anilines is 1. The van der Waals surface area contributed by atoms with Crippen LogP contribution in [0, 0.1) is 0 Å². The van der Waals surface area contributed by atoms with Crippen molar-refractivity contribution >= 4 is 17.7 Å². The molecule has 0 radical (unpaired) electrons. The molecular weight excluding hydrogens is 387 g/mol. The molecule has 0 saturated carbocycles. The van der Waals surface area contributed by atoms with Gasteiger partial charge in [-0.05, 0) is 11.1 Å². The van der Waals surface area contributed by atoms with Crippen LogP contribution in [-0.2, 0) is 27.4 Å². The van der Waals surface area contributed by atoms with Gasteiger partial charge in [-0.15, -0.1) is 0 Å². The van der Waals surface area contributed by atoms with Gasteiger partial charge in [0.1, 0.15) is 6.61 Å². The summed E-state index contributed by atoms with van der Waals surface area (Å²) in [6.07, 6.45) is -5.05. The fourth-order valence-electron chi connectivity index (χ4n) is 2.59. The second-order valence-electron chi connectivity index (χ2n) is 6.10. The fourth-order valence-corrected chi connectivity index (χ4v) is 2.59. The summed E-state index contributed by atoms with van der Waals surface area (Å²) in [5.41, 5.74) is 2.37. The quantitative estimate of drug-likeness (QED) is 0.612. The molecule has 0 bridgehead atoms. The summed E-state index contributed by atoms with van der Waals surface area (Å²) in [5.74, 6) is -2.84. The van der Waals surface area contributed by atoms with E-state index >= 15 is 0 Å². The third kappa shape index (κ3) is 5.44. The lowest BCUT2D eigenvalue weighted by Crippen LogP contribution is -2.30. The molecule has 6 nitrogen and oxygen atoms in total. The van der Waals surface area contributed by atoms with Crippen molar-refractivity contribution in [3.63, 3.8) is 0 Å². The second-order valence-corrected chi connectivity index (χ2v) is 6.10. The van der Waals surface area contributed by atoms with Gasteiger partial charge >= 0.3 is 18.1 Å². The zero-order chi connectivity index (χ0) is 20.9. The summed E-state index contributed by atoms with van der Waals surface area (Å²) in [7, 11) is 0. The third-order valence-electron chi connectivity index (χ3n) is 3.96. The van der Waals surface area contributed by atoms with Crippen LogP contribution in [-0.4, -0.2) is 28.3 Å². The van der Waals surface area contributed by atoms with Gasteiger partial charge < -0.3 is 10.1 Å². The number of carbonyl (C=O) groups excluding carboxylic acids is 2. The summed E-state index contributed by atoms with van der Waals surface area (Å²) in [5, 5.41) is 7.91. The number of ether oxygens (including phenoxy) is 1. The Labute approximate surface area is 163 Å². The molecule has 1 heterocycles. The van der Waals surface area contributed by atoms with Gasteiger partial charge in [0, 0.05) is 11.6 Å². The number of halogens is 3. The Balaban J connectivity index is 1.69. The second kappa shape index (κ2) is 8.59. The molecule has 0 saturated heterocycles. The first kappa shape index (κ1) is 20.1. The first-order valence-corrected chi connectivity index (χ1v) is 8.54. The van der Waals surface area contributed by atoms with Crippen molar-refractivity contribution in [3.05, 3.63) is 71.8 Å². The minimum absolute atomic E-state index is 0.0354. The van der Waals surface area contributed by atoms with E-state index in [9.17, 15) is 22.8 Å². The average Bonchev–Trinajstić information content (AvgIpc) is 3.15. The number of H-pyrrole nitrogens is 1. The predicted octanol–water partition coefficient (Wildman–Crippen LogP) is 3.86. The Bertz CT molecular complexity index is 1000. The molecule has 3 aromatic rings. The van der Waals surface area contributed by atoms with Gasteiger partial charge in [0.15, 0.2) is 5.82 Å². The number of hydrogen-bond donors (Lipinski definition) is 2.